The van der Waals surface area contributed by atoms with E-state index in [-0.39, 0.29) is 12.5 Å². The van der Waals surface area contributed by atoms with E-state index in [1.807, 2.05) is 13.8 Å². The van der Waals surface area contributed by atoms with E-state index in [0.29, 0.717) is 12.5 Å². The van der Waals surface area contributed by atoms with Crippen LogP contribution in [0.5, 0.6) is 0 Å². The van der Waals surface area contributed by atoms with Crippen molar-refractivity contribution in [2.24, 2.45) is 17.4 Å². The summed E-state index contributed by atoms with van der Waals surface area (Å²) < 4.78 is 0. The molecule has 0 radical (unpaired) electrons. The maximum atomic E-state index is 11.0. The van der Waals surface area contributed by atoms with Crippen molar-refractivity contribution in [1.29, 1.82) is 0 Å². The summed E-state index contributed by atoms with van der Waals surface area (Å²) in [5, 5.41) is 2.69. The molecule has 0 aliphatic rings. The second-order valence-corrected chi connectivity index (χ2v) is 2.98. The summed E-state index contributed by atoms with van der Waals surface area (Å²) in [6.07, 6.45) is 0. The van der Waals surface area contributed by atoms with Gasteiger partial charge in [0.1, 0.15) is 0 Å². The number of nitrogens with one attached hydrogen (secondary N) is 1. The second kappa shape index (κ2) is 5.09. The molecule has 66 valence electrons. The smallest absolute Gasteiger partial charge is 0.238 e. The van der Waals surface area contributed by atoms with Crippen LogP contribution < -0.4 is 16.8 Å². The van der Waals surface area contributed by atoms with Gasteiger partial charge in [-0.3, -0.25) is 4.79 Å². The molecule has 1 atom stereocenters. The first kappa shape index (κ1) is 10.4. The molecule has 0 aromatic heterocycles. The van der Waals surface area contributed by atoms with Crippen molar-refractivity contribution in [3.8, 4) is 0 Å². The minimum Gasteiger partial charge on any atom is -0.354 e. The predicted molar refractivity (Wildman–Crippen MR) is 44.9 cm³/mol. The Morgan fingerprint density at radius 2 is 2.09 bits per heavy atom. The molecule has 0 heterocycles. The normalized spacial score (nSPS) is 13.2. The Labute approximate surface area is 67.3 Å². The third kappa shape index (κ3) is 4.75. The maximum absolute atomic E-state index is 11.0. The molecule has 0 spiro atoms. The highest BCUT2D eigenvalue weighted by atomic mass is 16.2. The van der Waals surface area contributed by atoms with Crippen molar-refractivity contribution in [2.75, 3.05) is 13.1 Å². The number of hydrogen-bond acceptors (Lipinski definition) is 3. The second-order valence-electron chi connectivity index (χ2n) is 2.98. The van der Waals surface area contributed by atoms with Gasteiger partial charge in [0.2, 0.25) is 5.91 Å². The van der Waals surface area contributed by atoms with Crippen LogP contribution >= 0.6 is 0 Å². The lowest BCUT2D eigenvalue weighted by Gasteiger charge is -2.11. The SMILES string of the molecule is CC(C)CNC(=O)[C@@H](N)CN. The van der Waals surface area contributed by atoms with Gasteiger partial charge in [0.05, 0.1) is 6.04 Å². The Morgan fingerprint density at radius 3 is 2.45 bits per heavy atom. The average molecular weight is 159 g/mol. The molecular formula is C7H17N3O. The summed E-state index contributed by atoms with van der Waals surface area (Å²) in [7, 11) is 0. The minimum atomic E-state index is -0.561. The molecule has 0 aliphatic carbocycles. The van der Waals surface area contributed by atoms with Gasteiger partial charge in [-0.25, -0.2) is 0 Å². The van der Waals surface area contributed by atoms with E-state index in [1.54, 1.807) is 0 Å². The lowest BCUT2D eigenvalue weighted by Crippen LogP contribution is -2.46. The van der Waals surface area contributed by atoms with Gasteiger partial charge >= 0.3 is 0 Å². The quantitative estimate of drug-likeness (QED) is 0.494. The van der Waals surface area contributed by atoms with Gasteiger partial charge in [0, 0.05) is 13.1 Å². The zero-order valence-electron chi connectivity index (χ0n) is 7.13. The summed E-state index contributed by atoms with van der Waals surface area (Å²) in [6.45, 7) is 4.90. The van der Waals surface area contributed by atoms with Gasteiger partial charge in [0.15, 0.2) is 0 Å². The van der Waals surface area contributed by atoms with Crippen LogP contribution in [-0.2, 0) is 4.79 Å². The van der Waals surface area contributed by atoms with Gasteiger partial charge in [-0.2, -0.15) is 0 Å². The summed E-state index contributed by atoms with van der Waals surface area (Å²) >= 11 is 0. The molecule has 4 heteroatoms. The largest absolute Gasteiger partial charge is 0.354 e. The molecule has 0 rings (SSSR count). The molecule has 0 saturated carbocycles. The molecular weight excluding hydrogens is 142 g/mol. The summed E-state index contributed by atoms with van der Waals surface area (Å²) in [6, 6.07) is -0.561. The average Bonchev–Trinajstić information content (AvgIpc) is 1.98. The number of carbonyl (C=O) groups excluding carboxylic acids is 1. The molecule has 0 saturated heterocycles. The van der Waals surface area contributed by atoms with Crippen LogP contribution in [0.15, 0.2) is 0 Å². The molecule has 0 aromatic carbocycles. The molecule has 4 nitrogen and oxygen atoms in total. The lowest BCUT2D eigenvalue weighted by molar-refractivity contribution is -0.122. The zero-order chi connectivity index (χ0) is 8.85. The summed E-state index contributed by atoms with van der Waals surface area (Å²) in [5.74, 6) is 0.283. The number of carbonyl (C=O) groups is 1. The Kier molecular flexibility index (Phi) is 4.81. The highest BCUT2D eigenvalue weighted by Crippen LogP contribution is 1.87. The van der Waals surface area contributed by atoms with Crippen LogP contribution in [0, 0.1) is 5.92 Å². The van der Waals surface area contributed by atoms with E-state index in [1.165, 1.54) is 0 Å². The number of amides is 1. The van der Waals surface area contributed by atoms with Crippen molar-refractivity contribution in [2.45, 2.75) is 19.9 Å². The first-order chi connectivity index (χ1) is 5.07. The van der Waals surface area contributed by atoms with Crippen molar-refractivity contribution in [3.63, 3.8) is 0 Å². The Hall–Kier alpha value is -0.610. The molecule has 5 N–H and O–H groups in total. The Bertz CT molecular complexity index is 125. The van der Waals surface area contributed by atoms with Gasteiger partial charge in [-0.05, 0) is 5.92 Å². The fraction of sp³-hybridized carbons (Fsp3) is 0.857. The molecule has 11 heavy (non-hydrogen) atoms. The monoisotopic (exact) mass is 159 g/mol. The van der Waals surface area contributed by atoms with Crippen molar-refractivity contribution < 1.29 is 4.79 Å². The summed E-state index contributed by atoms with van der Waals surface area (Å²) in [4.78, 5) is 11.0. The van der Waals surface area contributed by atoms with E-state index in [0.717, 1.165) is 0 Å². The van der Waals surface area contributed by atoms with E-state index >= 15 is 0 Å². The van der Waals surface area contributed by atoms with Crippen LogP contribution in [0.4, 0.5) is 0 Å². The maximum Gasteiger partial charge on any atom is 0.238 e. The third-order valence-corrected chi connectivity index (χ3v) is 1.28. The van der Waals surface area contributed by atoms with E-state index in [4.69, 9.17) is 11.5 Å². The van der Waals surface area contributed by atoms with Crippen molar-refractivity contribution >= 4 is 5.91 Å². The van der Waals surface area contributed by atoms with Gasteiger partial charge in [-0.15, -0.1) is 0 Å². The van der Waals surface area contributed by atoms with Gasteiger partial charge in [-0.1, -0.05) is 13.8 Å². The Balaban J connectivity index is 3.52. The molecule has 0 fully saturated rings. The van der Waals surface area contributed by atoms with Crippen LogP contribution in [0.3, 0.4) is 0 Å². The molecule has 0 aliphatic heterocycles. The van der Waals surface area contributed by atoms with Crippen LogP contribution in [0.2, 0.25) is 0 Å². The van der Waals surface area contributed by atoms with Crippen molar-refractivity contribution in [1.82, 2.24) is 5.32 Å². The first-order valence-electron chi connectivity index (χ1n) is 3.81. The predicted octanol–water partition coefficient (Wildman–Crippen LogP) is -0.955. The number of nitrogens with two attached hydrogens (primary N) is 2. The Morgan fingerprint density at radius 1 is 1.55 bits per heavy atom. The van der Waals surface area contributed by atoms with Gasteiger partial charge < -0.3 is 16.8 Å². The van der Waals surface area contributed by atoms with Crippen molar-refractivity contribution in [3.05, 3.63) is 0 Å². The fourth-order valence-corrected chi connectivity index (χ4v) is 0.543. The van der Waals surface area contributed by atoms with Crippen LogP contribution in [0.1, 0.15) is 13.8 Å². The first-order valence-corrected chi connectivity index (χ1v) is 3.81. The standard InChI is InChI=1S/C7H17N3O/c1-5(2)4-10-7(11)6(9)3-8/h5-6H,3-4,8-9H2,1-2H3,(H,10,11)/t6-/m0/s1. The molecule has 0 bridgehead atoms. The van der Waals surface area contributed by atoms with Crippen LogP contribution in [0.25, 0.3) is 0 Å². The van der Waals surface area contributed by atoms with E-state index in [9.17, 15) is 4.79 Å². The van der Waals surface area contributed by atoms with E-state index < -0.39 is 6.04 Å². The highest BCUT2D eigenvalue weighted by molar-refractivity contribution is 5.81. The zero-order valence-corrected chi connectivity index (χ0v) is 7.13. The topological polar surface area (TPSA) is 81.1 Å². The summed E-state index contributed by atoms with van der Waals surface area (Å²) in [5.41, 5.74) is 10.6. The molecule has 1 amide bonds. The van der Waals surface area contributed by atoms with E-state index in [2.05, 4.69) is 5.32 Å². The highest BCUT2D eigenvalue weighted by Gasteiger charge is 2.09. The minimum absolute atomic E-state index is 0.166. The third-order valence-electron chi connectivity index (χ3n) is 1.28. The fourth-order valence-electron chi connectivity index (χ4n) is 0.543. The lowest BCUT2D eigenvalue weighted by atomic mass is 10.2. The van der Waals surface area contributed by atoms with Gasteiger partial charge in [0.25, 0.3) is 0 Å². The van der Waals surface area contributed by atoms with Crippen LogP contribution in [-0.4, -0.2) is 25.0 Å². The molecule has 0 aromatic rings. The number of hydrogen-bond donors (Lipinski definition) is 3. The molecule has 0 unspecified atom stereocenters. The number of rotatable bonds is 4.